The molecule has 0 saturated heterocycles. The van der Waals surface area contributed by atoms with Gasteiger partial charge >= 0.3 is 5.97 Å². The van der Waals surface area contributed by atoms with Gasteiger partial charge in [0, 0.05) is 30.9 Å². The lowest BCUT2D eigenvalue weighted by atomic mass is 9.86. The number of amides is 1. The highest BCUT2D eigenvalue weighted by atomic mass is 16.6. The average Bonchev–Trinajstić information content (AvgIpc) is 2.61. The second-order valence-corrected chi connectivity index (χ2v) is 6.25. The van der Waals surface area contributed by atoms with E-state index in [1.807, 2.05) is 0 Å². The van der Waals surface area contributed by atoms with Gasteiger partial charge in [-0.2, -0.15) is 0 Å². The quantitative estimate of drug-likeness (QED) is 0.464. The Kier molecular flexibility index (Phi) is 6.32. The first-order chi connectivity index (χ1) is 11.9. The molecule has 1 fully saturated rings. The van der Waals surface area contributed by atoms with Crippen LogP contribution < -0.4 is 10.6 Å². The zero-order chi connectivity index (χ0) is 18.4. The van der Waals surface area contributed by atoms with Gasteiger partial charge in [0.15, 0.2) is 6.61 Å². The number of ether oxygens (including phenoxy) is 1. The second-order valence-electron chi connectivity index (χ2n) is 6.25. The van der Waals surface area contributed by atoms with Crippen LogP contribution in [0.3, 0.4) is 0 Å². The van der Waals surface area contributed by atoms with E-state index in [0.717, 1.165) is 25.3 Å². The fourth-order valence-corrected chi connectivity index (χ4v) is 3.02. The highest BCUT2D eigenvalue weighted by Gasteiger charge is 2.24. The molecule has 0 radical (unpaired) electrons. The standard InChI is InChI=1S/C17H23N3O5/c1-11-5-3-4-6-14(11)19-16(21)10-25-17(22)13-9-12(20(23)24)7-8-15(13)18-2/h7-9,11,14,18H,3-6,10H2,1-2H3,(H,19,21)/t11-,14-/m1/s1. The van der Waals surface area contributed by atoms with Crippen molar-refractivity contribution in [2.45, 2.75) is 38.6 Å². The van der Waals surface area contributed by atoms with E-state index in [4.69, 9.17) is 4.74 Å². The van der Waals surface area contributed by atoms with E-state index in [1.165, 1.54) is 18.6 Å². The Labute approximate surface area is 146 Å². The van der Waals surface area contributed by atoms with E-state index in [2.05, 4.69) is 17.6 Å². The molecule has 2 N–H and O–H groups in total. The lowest BCUT2D eigenvalue weighted by Crippen LogP contribution is -2.42. The number of nitrogens with one attached hydrogen (secondary N) is 2. The molecule has 8 heteroatoms. The van der Waals surface area contributed by atoms with Gasteiger partial charge in [0.25, 0.3) is 11.6 Å². The van der Waals surface area contributed by atoms with Crippen molar-refractivity contribution in [1.29, 1.82) is 0 Å². The number of hydrogen-bond donors (Lipinski definition) is 2. The zero-order valence-electron chi connectivity index (χ0n) is 14.4. The molecule has 8 nitrogen and oxygen atoms in total. The van der Waals surface area contributed by atoms with Crippen LogP contribution in [-0.4, -0.2) is 36.5 Å². The fraction of sp³-hybridized carbons (Fsp3) is 0.529. The number of rotatable bonds is 6. The average molecular weight is 349 g/mol. The second kappa shape index (κ2) is 8.46. The molecule has 2 atom stereocenters. The Balaban J connectivity index is 1.96. The van der Waals surface area contributed by atoms with Crippen molar-refractivity contribution in [3.8, 4) is 0 Å². The minimum Gasteiger partial charge on any atom is -0.452 e. The first-order valence-electron chi connectivity index (χ1n) is 8.35. The summed E-state index contributed by atoms with van der Waals surface area (Å²) in [5, 5.41) is 16.5. The number of carbonyl (C=O) groups is 2. The molecule has 1 aliphatic rings. The Hall–Kier alpha value is -2.64. The normalized spacial score (nSPS) is 19.8. The lowest BCUT2D eigenvalue weighted by molar-refractivity contribution is -0.384. The summed E-state index contributed by atoms with van der Waals surface area (Å²) >= 11 is 0. The number of anilines is 1. The highest BCUT2D eigenvalue weighted by molar-refractivity contribution is 5.97. The maximum atomic E-state index is 12.2. The number of carbonyl (C=O) groups excluding carboxylic acids is 2. The van der Waals surface area contributed by atoms with Gasteiger partial charge in [-0.25, -0.2) is 4.79 Å². The molecule has 136 valence electrons. The summed E-state index contributed by atoms with van der Waals surface area (Å²) in [5.74, 6) is -0.732. The van der Waals surface area contributed by atoms with Crippen LogP contribution in [0.2, 0.25) is 0 Å². The molecule has 1 aromatic carbocycles. The van der Waals surface area contributed by atoms with Crippen LogP contribution in [-0.2, 0) is 9.53 Å². The molecule has 0 unspecified atom stereocenters. The third-order valence-corrected chi connectivity index (χ3v) is 4.50. The van der Waals surface area contributed by atoms with Crippen LogP contribution in [0.15, 0.2) is 18.2 Å². The Morgan fingerprint density at radius 3 is 2.68 bits per heavy atom. The van der Waals surface area contributed by atoms with Gasteiger partial charge in [-0.1, -0.05) is 19.8 Å². The van der Waals surface area contributed by atoms with Gasteiger partial charge in [0.05, 0.1) is 10.5 Å². The summed E-state index contributed by atoms with van der Waals surface area (Å²) in [6, 6.07) is 3.96. The molecule has 1 saturated carbocycles. The molecule has 0 bridgehead atoms. The van der Waals surface area contributed by atoms with Gasteiger partial charge < -0.3 is 15.4 Å². The molecule has 1 aliphatic carbocycles. The molecule has 25 heavy (non-hydrogen) atoms. The number of esters is 1. The minimum atomic E-state index is -0.778. The SMILES string of the molecule is CNc1ccc([N+](=O)[O-])cc1C(=O)OCC(=O)N[C@@H]1CCCC[C@H]1C. The molecule has 1 amide bonds. The van der Waals surface area contributed by atoms with Crippen LogP contribution in [0.5, 0.6) is 0 Å². The minimum absolute atomic E-state index is 0.0236. The van der Waals surface area contributed by atoms with Gasteiger partial charge in [-0.3, -0.25) is 14.9 Å². The smallest absolute Gasteiger partial charge is 0.341 e. The molecule has 0 heterocycles. The van der Waals surface area contributed by atoms with Crippen LogP contribution in [0.1, 0.15) is 43.0 Å². The molecule has 0 aliphatic heterocycles. The number of benzene rings is 1. The van der Waals surface area contributed by atoms with Crippen molar-refractivity contribution < 1.29 is 19.2 Å². The number of non-ortho nitro benzene ring substituents is 1. The maximum absolute atomic E-state index is 12.2. The summed E-state index contributed by atoms with van der Waals surface area (Å²) in [6.45, 7) is 1.69. The highest BCUT2D eigenvalue weighted by Crippen LogP contribution is 2.24. The molecular formula is C17H23N3O5. The van der Waals surface area contributed by atoms with Crippen molar-refractivity contribution in [3.05, 3.63) is 33.9 Å². The Morgan fingerprint density at radius 1 is 1.32 bits per heavy atom. The van der Waals surface area contributed by atoms with Gasteiger partial charge in [-0.05, 0) is 24.8 Å². The molecular weight excluding hydrogens is 326 g/mol. The number of hydrogen-bond acceptors (Lipinski definition) is 6. The monoisotopic (exact) mass is 349 g/mol. The molecule has 2 rings (SSSR count). The lowest BCUT2D eigenvalue weighted by Gasteiger charge is -2.29. The van der Waals surface area contributed by atoms with E-state index in [0.29, 0.717) is 11.6 Å². The molecule has 1 aromatic rings. The third-order valence-electron chi connectivity index (χ3n) is 4.50. The van der Waals surface area contributed by atoms with E-state index >= 15 is 0 Å². The molecule has 0 spiro atoms. The number of nitro groups is 1. The number of nitro benzene ring substituents is 1. The predicted octanol–water partition coefficient (Wildman–Crippen LogP) is 2.49. The van der Waals surface area contributed by atoms with E-state index in [9.17, 15) is 19.7 Å². The summed E-state index contributed by atoms with van der Waals surface area (Å²) in [7, 11) is 1.59. The van der Waals surface area contributed by atoms with Gasteiger partial charge in [-0.15, -0.1) is 0 Å². The largest absolute Gasteiger partial charge is 0.452 e. The fourth-order valence-electron chi connectivity index (χ4n) is 3.02. The van der Waals surface area contributed by atoms with Gasteiger partial charge in [0.1, 0.15) is 0 Å². The van der Waals surface area contributed by atoms with Crippen LogP contribution in [0, 0.1) is 16.0 Å². The van der Waals surface area contributed by atoms with E-state index < -0.39 is 17.5 Å². The predicted molar refractivity (Wildman–Crippen MR) is 92.5 cm³/mol. The number of nitrogens with zero attached hydrogens (tertiary/aromatic N) is 1. The van der Waals surface area contributed by atoms with Crippen molar-refractivity contribution in [3.63, 3.8) is 0 Å². The maximum Gasteiger partial charge on any atom is 0.341 e. The Bertz CT molecular complexity index is 662. The third kappa shape index (κ3) is 4.91. The van der Waals surface area contributed by atoms with Crippen LogP contribution in [0.4, 0.5) is 11.4 Å². The van der Waals surface area contributed by atoms with Crippen molar-refractivity contribution in [2.75, 3.05) is 19.0 Å². The summed E-state index contributed by atoms with van der Waals surface area (Å²) in [4.78, 5) is 34.5. The summed E-state index contributed by atoms with van der Waals surface area (Å²) in [5.41, 5.74) is 0.207. The van der Waals surface area contributed by atoms with Crippen LogP contribution >= 0.6 is 0 Å². The topological polar surface area (TPSA) is 111 Å². The first-order valence-corrected chi connectivity index (χ1v) is 8.35. The van der Waals surface area contributed by atoms with Crippen LogP contribution in [0.25, 0.3) is 0 Å². The summed E-state index contributed by atoms with van der Waals surface area (Å²) < 4.78 is 5.03. The van der Waals surface area contributed by atoms with Crippen molar-refractivity contribution in [2.24, 2.45) is 5.92 Å². The molecule has 0 aromatic heterocycles. The zero-order valence-corrected chi connectivity index (χ0v) is 14.4. The van der Waals surface area contributed by atoms with E-state index in [-0.39, 0.29) is 23.2 Å². The Morgan fingerprint density at radius 2 is 2.04 bits per heavy atom. The van der Waals surface area contributed by atoms with Gasteiger partial charge in [0.2, 0.25) is 0 Å². The van der Waals surface area contributed by atoms with Crippen molar-refractivity contribution >= 4 is 23.3 Å². The summed E-state index contributed by atoms with van der Waals surface area (Å²) in [6.07, 6.45) is 4.25. The first kappa shape index (κ1) is 18.7. The van der Waals surface area contributed by atoms with Crippen molar-refractivity contribution in [1.82, 2.24) is 5.32 Å². The van der Waals surface area contributed by atoms with E-state index in [1.54, 1.807) is 7.05 Å².